The maximum absolute atomic E-state index is 2.73. The van der Waals surface area contributed by atoms with E-state index in [9.17, 15) is 0 Å². The minimum absolute atomic E-state index is 0.382. The summed E-state index contributed by atoms with van der Waals surface area (Å²) in [6, 6.07) is 9.93. The van der Waals surface area contributed by atoms with Crippen molar-refractivity contribution in [1.29, 1.82) is 0 Å². The number of fused-ring (bicyclic) bond motifs is 1. The van der Waals surface area contributed by atoms with E-state index < -0.39 is 0 Å². The molecule has 0 amide bonds. The Labute approximate surface area is 173 Å². The lowest BCUT2D eigenvalue weighted by molar-refractivity contribution is 0.305. The first kappa shape index (κ1) is 21.2. The predicted molar refractivity (Wildman–Crippen MR) is 125 cm³/mol. The van der Waals surface area contributed by atoms with Crippen LogP contribution in [0.3, 0.4) is 0 Å². The third-order valence-electron chi connectivity index (χ3n) is 6.42. The zero-order valence-corrected chi connectivity index (χ0v) is 19.2. The van der Waals surface area contributed by atoms with E-state index in [1.54, 1.807) is 10.9 Å². The Morgan fingerprint density at radius 3 is 2.07 bits per heavy atom. The third kappa shape index (κ3) is 4.08. The van der Waals surface area contributed by atoms with Crippen molar-refractivity contribution in [3.63, 3.8) is 0 Å². The molecule has 0 spiro atoms. The van der Waals surface area contributed by atoms with Gasteiger partial charge in [0.15, 0.2) is 0 Å². The first-order valence-corrected chi connectivity index (χ1v) is 11.2. The summed E-state index contributed by atoms with van der Waals surface area (Å²) in [6.07, 6.45) is 8.65. The van der Waals surface area contributed by atoms with Crippen molar-refractivity contribution >= 4 is 12.9 Å². The van der Waals surface area contributed by atoms with Crippen LogP contribution >= 0.6 is 0 Å². The van der Waals surface area contributed by atoms with Crippen LogP contribution in [0.5, 0.6) is 0 Å². The standard InChI is InChI=1S/C26H38BN/c1-17(2)23-15-25(18(3)4)26(16-23)27(28(19(5)6)20(7)8)24-13-21-11-9-10-12-22(21)14-24/h9-13,15-20,25H,14H2,1-8H3. The number of rotatable bonds is 7. The molecule has 1 atom stereocenters. The summed E-state index contributed by atoms with van der Waals surface area (Å²) in [5.74, 6) is 1.74. The number of benzene rings is 1. The molecule has 1 aromatic rings. The summed E-state index contributed by atoms with van der Waals surface area (Å²) in [7, 11) is 0. The summed E-state index contributed by atoms with van der Waals surface area (Å²) in [4.78, 5) is 2.73. The molecular formula is C26H38BN. The minimum atomic E-state index is 0.382. The average Bonchev–Trinajstić information content (AvgIpc) is 3.23. The molecule has 2 aliphatic rings. The number of allylic oxidation sites excluding steroid dienone is 5. The van der Waals surface area contributed by atoms with E-state index in [1.165, 1.54) is 16.7 Å². The highest BCUT2D eigenvalue weighted by Gasteiger charge is 2.40. The van der Waals surface area contributed by atoms with Crippen LogP contribution in [0.2, 0.25) is 0 Å². The van der Waals surface area contributed by atoms with Crippen LogP contribution in [0.1, 0.15) is 66.5 Å². The Bertz CT molecular complexity index is 786. The van der Waals surface area contributed by atoms with Gasteiger partial charge in [0.05, 0.1) is 0 Å². The molecule has 0 fully saturated rings. The van der Waals surface area contributed by atoms with Gasteiger partial charge in [0.25, 0.3) is 6.85 Å². The second-order valence-corrected chi connectivity index (χ2v) is 9.87. The smallest absolute Gasteiger partial charge is 0.285 e. The van der Waals surface area contributed by atoms with Gasteiger partial charge in [0, 0.05) is 0 Å². The number of hydrogen-bond acceptors (Lipinski definition) is 1. The van der Waals surface area contributed by atoms with Gasteiger partial charge < -0.3 is 4.81 Å². The van der Waals surface area contributed by atoms with Gasteiger partial charge in [0.2, 0.25) is 0 Å². The Kier molecular flexibility index (Phi) is 6.39. The molecule has 1 aromatic carbocycles. The molecule has 1 nitrogen and oxygen atoms in total. The number of hydrogen-bond donors (Lipinski definition) is 0. The predicted octanol–water partition coefficient (Wildman–Crippen LogP) is 6.61. The molecule has 1 unspecified atom stereocenters. The van der Waals surface area contributed by atoms with Crippen molar-refractivity contribution < 1.29 is 0 Å². The lowest BCUT2D eigenvalue weighted by Crippen LogP contribution is -2.52. The Balaban J connectivity index is 2.09. The van der Waals surface area contributed by atoms with Crippen LogP contribution in [0.25, 0.3) is 6.08 Å². The number of nitrogens with zero attached hydrogens (tertiary/aromatic N) is 1. The molecule has 0 bridgehead atoms. The molecule has 0 saturated carbocycles. The summed E-state index contributed by atoms with van der Waals surface area (Å²) < 4.78 is 0. The molecule has 3 rings (SSSR count). The van der Waals surface area contributed by atoms with Crippen LogP contribution in [-0.2, 0) is 6.42 Å². The monoisotopic (exact) mass is 375 g/mol. The van der Waals surface area contributed by atoms with Crippen molar-refractivity contribution in [2.75, 3.05) is 0 Å². The SMILES string of the molecule is CC(C)C1=CC(C(C)C)C(B(C2=Cc3ccccc3C2)N(C(C)C)C(C)C)=C1. The van der Waals surface area contributed by atoms with Gasteiger partial charge >= 0.3 is 0 Å². The molecule has 2 heteroatoms. The second-order valence-electron chi connectivity index (χ2n) is 9.87. The zero-order valence-electron chi connectivity index (χ0n) is 19.2. The minimum Gasteiger partial charge on any atom is -0.330 e. The molecule has 150 valence electrons. The molecule has 0 aliphatic heterocycles. The first-order valence-electron chi connectivity index (χ1n) is 11.2. The van der Waals surface area contributed by atoms with E-state index in [0.29, 0.717) is 36.7 Å². The van der Waals surface area contributed by atoms with E-state index in [0.717, 1.165) is 6.42 Å². The van der Waals surface area contributed by atoms with Crippen molar-refractivity contribution in [2.45, 2.75) is 73.9 Å². The van der Waals surface area contributed by atoms with Crippen molar-refractivity contribution in [2.24, 2.45) is 17.8 Å². The fourth-order valence-corrected chi connectivity index (χ4v) is 5.09. The molecule has 0 heterocycles. The molecule has 0 saturated heterocycles. The van der Waals surface area contributed by atoms with Crippen molar-refractivity contribution in [3.8, 4) is 0 Å². The highest BCUT2D eigenvalue weighted by molar-refractivity contribution is 6.72. The summed E-state index contributed by atoms with van der Waals surface area (Å²) in [6.45, 7) is 19.2. The van der Waals surface area contributed by atoms with Gasteiger partial charge in [0.1, 0.15) is 0 Å². The van der Waals surface area contributed by atoms with E-state index in [2.05, 4.69) is 103 Å². The second kappa shape index (κ2) is 8.45. The summed E-state index contributed by atoms with van der Waals surface area (Å²) in [5, 5.41) is 0. The van der Waals surface area contributed by atoms with Crippen LogP contribution in [-0.4, -0.2) is 23.7 Å². The first-order chi connectivity index (χ1) is 13.2. The zero-order chi connectivity index (χ0) is 20.6. The van der Waals surface area contributed by atoms with E-state index >= 15 is 0 Å². The quantitative estimate of drug-likeness (QED) is 0.485. The lowest BCUT2D eigenvalue weighted by atomic mass is 9.43. The maximum Gasteiger partial charge on any atom is 0.285 e. The normalized spacial score (nSPS) is 19.0. The van der Waals surface area contributed by atoms with E-state index in [-0.39, 0.29) is 0 Å². The fraction of sp³-hybridized carbons (Fsp3) is 0.538. The van der Waals surface area contributed by atoms with Crippen molar-refractivity contribution in [3.05, 3.63) is 64.1 Å². The molecule has 2 aliphatic carbocycles. The molecule has 28 heavy (non-hydrogen) atoms. The third-order valence-corrected chi connectivity index (χ3v) is 6.42. The largest absolute Gasteiger partial charge is 0.330 e. The summed E-state index contributed by atoms with van der Waals surface area (Å²) >= 11 is 0. The van der Waals surface area contributed by atoms with Gasteiger partial charge in [-0.15, -0.1) is 0 Å². The van der Waals surface area contributed by atoms with Gasteiger partial charge in [-0.25, -0.2) is 0 Å². The fourth-order valence-electron chi connectivity index (χ4n) is 5.09. The highest BCUT2D eigenvalue weighted by atomic mass is 15.1. The Hall–Kier alpha value is -1.54. The van der Waals surface area contributed by atoms with Crippen LogP contribution < -0.4 is 0 Å². The van der Waals surface area contributed by atoms with Crippen LogP contribution in [0.15, 0.2) is 52.9 Å². The van der Waals surface area contributed by atoms with Gasteiger partial charge in [-0.1, -0.05) is 109 Å². The van der Waals surface area contributed by atoms with Crippen molar-refractivity contribution in [1.82, 2.24) is 4.81 Å². The van der Waals surface area contributed by atoms with Crippen LogP contribution in [0, 0.1) is 17.8 Å². The Morgan fingerprint density at radius 1 is 0.893 bits per heavy atom. The Morgan fingerprint density at radius 2 is 1.54 bits per heavy atom. The van der Waals surface area contributed by atoms with E-state index in [4.69, 9.17) is 0 Å². The van der Waals surface area contributed by atoms with Gasteiger partial charge in [-0.05, 0) is 53.0 Å². The lowest BCUT2D eigenvalue weighted by Gasteiger charge is -2.40. The molecule has 0 radical (unpaired) electrons. The van der Waals surface area contributed by atoms with Gasteiger partial charge in [-0.2, -0.15) is 0 Å². The molecular weight excluding hydrogens is 337 g/mol. The van der Waals surface area contributed by atoms with E-state index in [1.807, 2.05) is 0 Å². The van der Waals surface area contributed by atoms with Crippen LogP contribution in [0.4, 0.5) is 0 Å². The molecule has 0 aromatic heterocycles. The average molecular weight is 375 g/mol. The topological polar surface area (TPSA) is 3.24 Å². The summed E-state index contributed by atoms with van der Waals surface area (Å²) in [5.41, 5.74) is 7.58. The molecule has 0 N–H and O–H groups in total. The van der Waals surface area contributed by atoms with Gasteiger partial charge in [-0.3, -0.25) is 0 Å². The highest BCUT2D eigenvalue weighted by Crippen LogP contribution is 2.40. The maximum atomic E-state index is 2.73.